The Morgan fingerprint density at radius 3 is 2.69 bits per heavy atom. The molecule has 2 aromatic heterocycles. The molecule has 0 unspecified atom stereocenters. The zero-order valence-corrected chi connectivity index (χ0v) is 19.8. The van der Waals surface area contributed by atoms with Crippen molar-refractivity contribution in [1.29, 1.82) is 5.26 Å². The predicted octanol–water partition coefficient (Wildman–Crippen LogP) is 3.51. The third kappa shape index (κ3) is 5.45. The topological polar surface area (TPSA) is 89.6 Å². The lowest BCUT2D eigenvalue weighted by molar-refractivity contribution is -0.137. The molecule has 0 amide bonds. The zero-order chi connectivity index (χ0) is 25.9. The van der Waals surface area contributed by atoms with Crippen molar-refractivity contribution in [1.82, 2.24) is 9.55 Å². The summed E-state index contributed by atoms with van der Waals surface area (Å²) in [6.07, 6.45) is -5.11. The van der Waals surface area contributed by atoms with Crippen LogP contribution in [0.2, 0.25) is 0 Å². The van der Waals surface area contributed by atoms with Crippen molar-refractivity contribution in [2.75, 3.05) is 38.3 Å². The second kappa shape index (κ2) is 10.6. The van der Waals surface area contributed by atoms with Crippen LogP contribution in [0.3, 0.4) is 0 Å². The van der Waals surface area contributed by atoms with Gasteiger partial charge in [-0.15, -0.1) is 0 Å². The number of hydrogen-bond donors (Lipinski definition) is 0. The molecular weight excluding hydrogens is 477 g/mol. The normalized spacial score (nSPS) is 18.3. The Balaban J connectivity index is 1.63. The first kappa shape index (κ1) is 25.5. The second-order valence-corrected chi connectivity index (χ2v) is 8.42. The minimum atomic E-state index is -4.48. The number of benzene rings is 1. The summed E-state index contributed by atoms with van der Waals surface area (Å²) in [5.41, 5.74) is 0.837. The van der Waals surface area contributed by atoms with Gasteiger partial charge in [0.05, 0.1) is 30.0 Å². The van der Waals surface area contributed by atoms with E-state index < -0.39 is 23.9 Å². The first-order valence-corrected chi connectivity index (χ1v) is 11.3. The fraction of sp³-hybridized carbons (Fsp3) is 0.400. The standard InChI is InChI=1S/C25H25F3N4O4/c1-31-19-7-6-17(14-29)30-24(19)20(13-23(31)33)32-9-8-21(22(15-32)35-11-10-34-2)36-18-5-3-4-16(12-18)25(26,27)28/h3-7,12-13,21-22H,8-11,15H2,1-2H3/t21-,22-/m1/s1. The van der Waals surface area contributed by atoms with Crippen LogP contribution in [-0.2, 0) is 22.7 Å². The number of ether oxygens (including phenoxy) is 3. The SMILES string of the molecule is COCCO[C@@H]1CN(c2cc(=O)n(C)c3ccc(C#N)nc23)CC[C@H]1Oc1cccc(C(F)(F)F)c1. The number of anilines is 1. The number of aryl methyl sites for hydroxylation is 1. The van der Waals surface area contributed by atoms with Gasteiger partial charge in [-0.3, -0.25) is 4.79 Å². The molecule has 0 radical (unpaired) electrons. The van der Waals surface area contributed by atoms with Crippen molar-refractivity contribution < 1.29 is 27.4 Å². The molecule has 0 aliphatic carbocycles. The van der Waals surface area contributed by atoms with Crippen molar-refractivity contribution in [2.45, 2.75) is 24.8 Å². The van der Waals surface area contributed by atoms with Gasteiger partial charge in [-0.1, -0.05) is 6.07 Å². The lowest BCUT2D eigenvalue weighted by Gasteiger charge is -2.39. The maximum absolute atomic E-state index is 13.2. The molecule has 4 rings (SSSR count). The summed E-state index contributed by atoms with van der Waals surface area (Å²) in [7, 11) is 3.17. The second-order valence-electron chi connectivity index (χ2n) is 8.42. The molecule has 1 aromatic carbocycles. The number of hydrogen-bond acceptors (Lipinski definition) is 7. The molecule has 0 spiro atoms. The summed E-state index contributed by atoms with van der Waals surface area (Å²) in [4.78, 5) is 19.0. The van der Waals surface area contributed by atoms with Crippen LogP contribution in [0.5, 0.6) is 5.75 Å². The number of nitriles is 1. The maximum Gasteiger partial charge on any atom is 0.416 e. The molecule has 1 fully saturated rings. The average Bonchev–Trinajstić information content (AvgIpc) is 2.86. The highest BCUT2D eigenvalue weighted by molar-refractivity contribution is 5.88. The molecule has 0 saturated carbocycles. The van der Waals surface area contributed by atoms with Crippen molar-refractivity contribution in [3.05, 3.63) is 64.1 Å². The Morgan fingerprint density at radius 1 is 1.17 bits per heavy atom. The Hall–Kier alpha value is -3.62. The molecule has 36 heavy (non-hydrogen) atoms. The highest BCUT2D eigenvalue weighted by Gasteiger charge is 2.34. The molecule has 190 valence electrons. The van der Waals surface area contributed by atoms with Crippen LogP contribution in [-0.4, -0.2) is 55.2 Å². The number of nitrogens with zero attached hydrogens (tertiary/aromatic N) is 4. The molecule has 0 N–H and O–H groups in total. The van der Waals surface area contributed by atoms with E-state index in [1.165, 1.54) is 29.9 Å². The average molecular weight is 502 g/mol. The number of methoxy groups -OCH3 is 1. The van der Waals surface area contributed by atoms with Gasteiger partial charge in [-0.25, -0.2) is 4.98 Å². The summed E-state index contributed by atoms with van der Waals surface area (Å²) in [6.45, 7) is 1.32. The van der Waals surface area contributed by atoms with Gasteiger partial charge in [0.15, 0.2) is 0 Å². The van der Waals surface area contributed by atoms with E-state index in [0.717, 1.165) is 12.1 Å². The number of pyridine rings is 2. The minimum absolute atomic E-state index is 0.1000. The van der Waals surface area contributed by atoms with Crippen LogP contribution in [0, 0.1) is 11.3 Å². The molecule has 1 aliphatic rings. The van der Waals surface area contributed by atoms with E-state index in [9.17, 15) is 23.2 Å². The summed E-state index contributed by atoms with van der Waals surface area (Å²) < 4.78 is 58.0. The summed E-state index contributed by atoms with van der Waals surface area (Å²) in [5.74, 6) is 0.1000. The molecule has 3 heterocycles. The number of aromatic nitrogens is 2. The Morgan fingerprint density at radius 2 is 1.97 bits per heavy atom. The van der Waals surface area contributed by atoms with E-state index in [0.29, 0.717) is 42.8 Å². The van der Waals surface area contributed by atoms with E-state index in [2.05, 4.69) is 4.98 Å². The highest BCUT2D eigenvalue weighted by atomic mass is 19.4. The fourth-order valence-electron chi connectivity index (χ4n) is 4.23. The van der Waals surface area contributed by atoms with Gasteiger partial charge < -0.3 is 23.7 Å². The van der Waals surface area contributed by atoms with Gasteiger partial charge in [0.25, 0.3) is 5.56 Å². The molecule has 8 nitrogen and oxygen atoms in total. The number of rotatable bonds is 7. The van der Waals surface area contributed by atoms with Crippen LogP contribution in [0.4, 0.5) is 18.9 Å². The van der Waals surface area contributed by atoms with Crippen LogP contribution in [0.15, 0.2) is 47.3 Å². The van der Waals surface area contributed by atoms with Crippen molar-refractivity contribution in [3.63, 3.8) is 0 Å². The number of fused-ring (bicyclic) bond motifs is 1. The van der Waals surface area contributed by atoms with E-state index in [1.54, 1.807) is 19.2 Å². The van der Waals surface area contributed by atoms with Crippen molar-refractivity contribution in [3.8, 4) is 11.8 Å². The predicted molar refractivity (Wildman–Crippen MR) is 126 cm³/mol. The van der Waals surface area contributed by atoms with Crippen LogP contribution in [0.1, 0.15) is 17.7 Å². The lowest BCUT2D eigenvalue weighted by Crippen LogP contribution is -2.51. The smallest absolute Gasteiger partial charge is 0.416 e. The van der Waals surface area contributed by atoms with Gasteiger partial charge in [0.1, 0.15) is 35.2 Å². The Bertz CT molecular complexity index is 1340. The van der Waals surface area contributed by atoms with Crippen molar-refractivity contribution >= 4 is 16.7 Å². The largest absolute Gasteiger partial charge is 0.488 e. The molecule has 2 atom stereocenters. The molecule has 11 heteroatoms. The van der Waals surface area contributed by atoms with E-state index >= 15 is 0 Å². The van der Waals surface area contributed by atoms with E-state index in [-0.39, 0.29) is 23.6 Å². The Labute approximate surface area is 205 Å². The monoisotopic (exact) mass is 502 g/mol. The quantitative estimate of drug-likeness (QED) is 0.457. The number of piperidine rings is 1. The first-order chi connectivity index (χ1) is 17.2. The van der Waals surface area contributed by atoms with Crippen LogP contribution < -0.4 is 15.2 Å². The van der Waals surface area contributed by atoms with Gasteiger partial charge >= 0.3 is 6.18 Å². The minimum Gasteiger partial charge on any atom is -0.488 e. The number of alkyl halides is 3. The molecule has 1 saturated heterocycles. The maximum atomic E-state index is 13.2. The fourth-order valence-corrected chi connectivity index (χ4v) is 4.23. The van der Waals surface area contributed by atoms with Gasteiger partial charge in [-0.05, 0) is 30.3 Å². The van der Waals surface area contributed by atoms with Gasteiger partial charge in [-0.2, -0.15) is 18.4 Å². The van der Waals surface area contributed by atoms with Crippen LogP contribution in [0.25, 0.3) is 11.0 Å². The molecule has 1 aliphatic heterocycles. The summed E-state index contributed by atoms with van der Waals surface area (Å²) >= 11 is 0. The highest BCUT2D eigenvalue weighted by Crippen LogP contribution is 2.33. The molecular formula is C25H25F3N4O4. The van der Waals surface area contributed by atoms with Crippen molar-refractivity contribution in [2.24, 2.45) is 7.05 Å². The van der Waals surface area contributed by atoms with E-state index in [4.69, 9.17) is 14.2 Å². The molecule has 3 aromatic rings. The molecule has 0 bridgehead atoms. The Kier molecular flexibility index (Phi) is 7.47. The summed E-state index contributed by atoms with van der Waals surface area (Å²) in [6, 6.07) is 11.5. The lowest BCUT2D eigenvalue weighted by atomic mass is 10.0. The first-order valence-electron chi connectivity index (χ1n) is 11.3. The third-order valence-corrected chi connectivity index (χ3v) is 6.09. The van der Waals surface area contributed by atoms with E-state index in [1.807, 2.05) is 11.0 Å². The zero-order valence-electron chi connectivity index (χ0n) is 19.8. The van der Waals surface area contributed by atoms with Gasteiger partial charge in [0, 0.05) is 39.7 Å². The third-order valence-electron chi connectivity index (χ3n) is 6.09. The van der Waals surface area contributed by atoms with Gasteiger partial charge in [0.2, 0.25) is 0 Å². The summed E-state index contributed by atoms with van der Waals surface area (Å²) in [5, 5.41) is 9.32. The number of halogens is 3. The van der Waals surface area contributed by atoms with Crippen LogP contribution >= 0.6 is 0 Å².